The summed E-state index contributed by atoms with van der Waals surface area (Å²) in [5.74, 6) is -1.31. The van der Waals surface area contributed by atoms with Gasteiger partial charge in [0.25, 0.3) is 0 Å². The number of carbonyl (C=O) groups is 2. The number of carboxylic acids is 1. The van der Waals surface area contributed by atoms with E-state index in [0.717, 1.165) is 0 Å². The molecule has 1 aliphatic rings. The quantitative estimate of drug-likeness (QED) is 0.383. The lowest BCUT2D eigenvalue weighted by Crippen LogP contribution is -2.36. The summed E-state index contributed by atoms with van der Waals surface area (Å²) in [6.45, 7) is 6.41. The fraction of sp³-hybridized carbons (Fsp3) is 0.417. The summed E-state index contributed by atoms with van der Waals surface area (Å²) >= 11 is 7.61. The number of nitrogens with zero attached hydrogens (tertiary/aromatic N) is 2. The highest BCUT2D eigenvalue weighted by molar-refractivity contribution is 7.11. The van der Waals surface area contributed by atoms with Crippen molar-refractivity contribution in [3.8, 4) is 0 Å². The van der Waals surface area contributed by atoms with Crippen molar-refractivity contribution in [2.75, 3.05) is 19.8 Å². The number of aliphatic imine (C=N–C) groups is 1. The minimum atomic E-state index is -0.777. The normalized spacial score (nSPS) is 15.8. The lowest BCUT2D eigenvalue weighted by molar-refractivity contribution is -0.139. The van der Waals surface area contributed by atoms with E-state index in [1.165, 1.54) is 29.5 Å². The van der Waals surface area contributed by atoms with Crippen LogP contribution >= 0.6 is 22.9 Å². The molecule has 0 bridgehead atoms. The van der Waals surface area contributed by atoms with E-state index in [-0.39, 0.29) is 36.3 Å². The Labute approximate surface area is 218 Å². The monoisotopic (exact) mass is 540 g/mol. The van der Waals surface area contributed by atoms with Crippen LogP contribution in [0.4, 0.5) is 4.39 Å². The van der Waals surface area contributed by atoms with Gasteiger partial charge in [-0.25, -0.2) is 14.2 Å². The molecule has 0 fully saturated rings. The molecule has 196 valence electrons. The zero-order valence-electron chi connectivity index (χ0n) is 20.3. The Morgan fingerprint density at radius 1 is 1.33 bits per heavy atom. The van der Waals surface area contributed by atoms with Gasteiger partial charge in [0.05, 0.1) is 18.3 Å². The number of rotatable bonds is 10. The molecule has 4 N–H and O–H groups in total. The van der Waals surface area contributed by atoms with Crippen molar-refractivity contribution in [3.63, 3.8) is 0 Å². The van der Waals surface area contributed by atoms with Crippen molar-refractivity contribution in [1.29, 1.82) is 0 Å². The first-order valence-corrected chi connectivity index (χ1v) is 12.6. The van der Waals surface area contributed by atoms with Crippen LogP contribution in [0.3, 0.4) is 0 Å². The van der Waals surface area contributed by atoms with E-state index in [4.69, 9.17) is 31.9 Å². The summed E-state index contributed by atoms with van der Waals surface area (Å²) in [5.41, 5.74) is 7.06. The van der Waals surface area contributed by atoms with Crippen molar-refractivity contribution in [2.24, 2.45) is 10.7 Å². The molecular formula is C24H30ClFN4O5S. The second-order valence-electron chi connectivity index (χ2n) is 7.52. The molecule has 0 saturated heterocycles. The van der Waals surface area contributed by atoms with E-state index < -0.39 is 23.8 Å². The number of nitrogens with two attached hydrogens (primary N) is 1. The van der Waals surface area contributed by atoms with Crippen LogP contribution in [-0.2, 0) is 19.1 Å². The lowest BCUT2D eigenvalue weighted by atomic mass is 9.95. The molecule has 0 aliphatic carbocycles. The minimum Gasteiger partial charge on any atom is -0.481 e. The van der Waals surface area contributed by atoms with Gasteiger partial charge in [0.2, 0.25) is 0 Å². The number of hydrogen-bond donors (Lipinski definition) is 3. The largest absolute Gasteiger partial charge is 0.481 e. The van der Waals surface area contributed by atoms with Crippen LogP contribution in [0.2, 0.25) is 5.02 Å². The smallest absolute Gasteiger partial charge is 0.338 e. The average molecular weight is 541 g/mol. The fourth-order valence-electron chi connectivity index (χ4n) is 3.30. The van der Waals surface area contributed by atoms with Crippen molar-refractivity contribution >= 4 is 40.7 Å². The highest BCUT2D eigenvalue weighted by atomic mass is 35.5. The van der Waals surface area contributed by atoms with Crippen LogP contribution in [-0.4, -0.2) is 53.7 Å². The third-order valence-corrected chi connectivity index (χ3v) is 6.04. The first-order valence-electron chi connectivity index (χ1n) is 11.3. The van der Waals surface area contributed by atoms with Gasteiger partial charge in [0, 0.05) is 47.4 Å². The number of amidine groups is 1. The molecule has 1 aromatic heterocycles. The summed E-state index contributed by atoms with van der Waals surface area (Å²) < 4.78 is 23.8. The van der Waals surface area contributed by atoms with Crippen LogP contribution in [0, 0.1) is 5.82 Å². The number of esters is 1. The van der Waals surface area contributed by atoms with Gasteiger partial charge in [-0.15, -0.1) is 11.3 Å². The number of thiazole rings is 1. The number of halogens is 2. The Kier molecular flexibility index (Phi) is 11.9. The Bertz CT molecular complexity index is 1090. The van der Waals surface area contributed by atoms with Crippen LogP contribution in [0.1, 0.15) is 50.2 Å². The topological polar surface area (TPSA) is 136 Å². The molecule has 0 amide bonds. The lowest BCUT2D eigenvalue weighted by Gasteiger charge is -2.27. The van der Waals surface area contributed by atoms with Gasteiger partial charge in [0.15, 0.2) is 10.8 Å². The van der Waals surface area contributed by atoms with Gasteiger partial charge in [-0.3, -0.25) is 9.79 Å². The molecular weight excluding hydrogens is 511 g/mol. The molecule has 2 aromatic rings. The standard InChI is InChI=1S/C17H16ClFN4O2S.C7H14O3/c1-2-25-17(24)13-12(8-20)22-15(16-21-5-6-26-16)23-14(13)10-4-3-9(19)7-11(10)18;1-3-10-6(2)4-5-7(8)9/h3-7,14H,2,8,20H2,1H3,(H,22,23);6H,3-5H2,1-2H3,(H,8,9)/t14-;6-/m00/s1. The highest BCUT2D eigenvalue weighted by Crippen LogP contribution is 2.36. The Morgan fingerprint density at radius 2 is 2.08 bits per heavy atom. The van der Waals surface area contributed by atoms with E-state index in [0.29, 0.717) is 35.1 Å². The molecule has 1 aromatic carbocycles. The van der Waals surface area contributed by atoms with Crippen LogP contribution in [0.15, 0.2) is 46.0 Å². The molecule has 0 spiro atoms. The number of ether oxygens (including phenoxy) is 2. The SMILES string of the molecule is CCOC(=O)C1=C(CN)NC(c2nccs2)=N[C@H]1c1ccc(F)cc1Cl.CCO[C@@H](C)CCC(=O)O. The van der Waals surface area contributed by atoms with Gasteiger partial charge < -0.3 is 25.6 Å². The molecule has 0 saturated carbocycles. The van der Waals surface area contributed by atoms with Crippen molar-refractivity contribution in [1.82, 2.24) is 10.3 Å². The van der Waals surface area contributed by atoms with Crippen LogP contribution in [0.5, 0.6) is 0 Å². The van der Waals surface area contributed by atoms with E-state index in [1.807, 2.05) is 19.2 Å². The maximum atomic E-state index is 13.5. The van der Waals surface area contributed by atoms with Gasteiger partial charge >= 0.3 is 11.9 Å². The molecule has 12 heteroatoms. The number of nitrogens with one attached hydrogen (secondary N) is 1. The third kappa shape index (κ3) is 8.37. The zero-order chi connectivity index (χ0) is 26.7. The fourth-order valence-corrected chi connectivity index (χ4v) is 4.16. The molecule has 9 nitrogen and oxygen atoms in total. The Balaban J connectivity index is 0.000000388. The number of carboxylic acid groups (broad SMARTS) is 1. The third-order valence-electron chi connectivity index (χ3n) is 4.93. The molecule has 0 unspecified atom stereocenters. The predicted octanol–water partition coefficient (Wildman–Crippen LogP) is 4.08. The summed E-state index contributed by atoms with van der Waals surface area (Å²) in [5, 5.41) is 14.0. The number of carbonyl (C=O) groups excluding carboxylic acids is 1. The first kappa shape index (κ1) is 29.4. The van der Waals surface area contributed by atoms with Crippen molar-refractivity contribution < 1.29 is 28.6 Å². The second kappa shape index (κ2) is 14.6. The van der Waals surface area contributed by atoms with E-state index >= 15 is 0 Å². The first-order chi connectivity index (χ1) is 17.2. The molecule has 1 aliphatic heterocycles. The Hall–Kier alpha value is -2.86. The second-order valence-corrected chi connectivity index (χ2v) is 8.83. The van der Waals surface area contributed by atoms with E-state index in [1.54, 1.807) is 13.1 Å². The number of hydrogen-bond acceptors (Lipinski definition) is 9. The van der Waals surface area contributed by atoms with Crippen molar-refractivity contribution in [2.45, 2.75) is 45.8 Å². The molecule has 2 atom stereocenters. The summed E-state index contributed by atoms with van der Waals surface area (Å²) in [6.07, 6.45) is 2.52. The number of benzene rings is 1. The maximum absolute atomic E-state index is 13.5. The minimum absolute atomic E-state index is 0.0633. The summed E-state index contributed by atoms with van der Waals surface area (Å²) in [6, 6.07) is 3.18. The van der Waals surface area contributed by atoms with Gasteiger partial charge in [-0.1, -0.05) is 17.7 Å². The average Bonchev–Trinajstić information content (AvgIpc) is 3.38. The van der Waals surface area contributed by atoms with E-state index in [2.05, 4.69) is 15.3 Å². The molecule has 2 heterocycles. The van der Waals surface area contributed by atoms with Gasteiger partial charge in [-0.05, 0) is 39.3 Å². The van der Waals surface area contributed by atoms with Crippen LogP contribution in [0.25, 0.3) is 0 Å². The summed E-state index contributed by atoms with van der Waals surface area (Å²) in [7, 11) is 0. The van der Waals surface area contributed by atoms with Crippen molar-refractivity contribution in [3.05, 3.63) is 62.5 Å². The summed E-state index contributed by atoms with van der Waals surface area (Å²) in [4.78, 5) is 31.4. The molecule has 3 rings (SSSR count). The Morgan fingerprint density at radius 3 is 2.64 bits per heavy atom. The van der Waals surface area contributed by atoms with Gasteiger partial charge in [-0.2, -0.15) is 0 Å². The predicted molar refractivity (Wildman–Crippen MR) is 137 cm³/mol. The highest BCUT2D eigenvalue weighted by Gasteiger charge is 2.33. The molecule has 0 radical (unpaired) electrons. The maximum Gasteiger partial charge on any atom is 0.338 e. The van der Waals surface area contributed by atoms with E-state index in [9.17, 15) is 14.0 Å². The molecule has 36 heavy (non-hydrogen) atoms. The number of aromatic nitrogens is 1. The number of aliphatic carboxylic acids is 1. The van der Waals surface area contributed by atoms with Crippen LogP contribution < -0.4 is 11.1 Å². The zero-order valence-corrected chi connectivity index (χ0v) is 21.9. The van der Waals surface area contributed by atoms with Gasteiger partial charge in [0.1, 0.15) is 11.9 Å².